The zero-order valence-corrected chi connectivity index (χ0v) is 25.7. The van der Waals surface area contributed by atoms with Crippen molar-refractivity contribution in [3.05, 3.63) is 123 Å². The molecule has 0 bridgehead atoms. The maximum atomic E-state index is 13.4. The first-order chi connectivity index (χ1) is 22.1. The minimum atomic E-state index is -0.241. The highest BCUT2D eigenvalue weighted by molar-refractivity contribution is 7.15. The lowest BCUT2D eigenvalue weighted by Crippen LogP contribution is -2.23. The van der Waals surface area contributed by atoms with Gasteiger partial charge in [-0.2, -0.15) is 14.6 Å². The first-order valence-corrected chi connectivity index (χ1v) is 15.3. The predicted molar refractivity (Wildman–Crippen MR) is 178 cm³/mol. The molecule has 0 saturated carbocycles. The Kier molecular flexibility index (Phi) is 8.84. The average molecular weight is 618 g/mol. The number of hydrogen-bond acceptors (Lipinski definition) is 8. The molecule has 0 spiro atoms. The largest absolute Gasteiger partial charge is 0.494 e. The SMILES string of the molecule is C=CCOc1ccc(/C=C/c2nc3s/c(=C\c4cn(-c5ccccc5)nc4-c4ccc(OCCC)cc4)c(=O)n3n2)cc1OC. The second-order valence-corrected chi connectivity index (χ2v) is 11.0. The van der Waals surface area contributed by atoms with Crippen LogP contribution in [0.2, 0.25) is 0 Å². The van der Waals surface area contributed by atoms with Crippen LogP contribution in [0, 0.1) is 0 Å². The number of rotatable bonds is 12. The van der Waals surface area contributed by atoms with Gasteiger partial charge in [-0.25, -0.2) is 4.68 Å². The van der Waals surface area contributed by atoms with Crippen LogP contribution < -0.4 is 24.3 Å². The molecule has 0 aliphatic rings. The Hall–Kier alpha value is -5.48. The molecule has 226 valence electrons. The second-order valence-electron chi connectivity index (χ2n) is 10.0. The van der Waals surface area contributed by atoms with E-state index in [1.165, 1.54) is 15.9 Å². The third-order valence-electron chi connectivity index (χ3n) is 6.82. The van der Waals surface area contributed by atoms with Gasteiger partial charge in [0.15, 0.2) is 17.3 Å². The maximum Gasteiger partial charge on any atom is 0.291 e. The lowest BCUT2D eigenvalue weighted by molar-refractivity contribution is 0.317. The fourth-order valence-corrected chi connectivity index (χ4v) is 5.55. The predicted octanol–water partition coefficient (Wildman–Crippen LogP) is 6.08. The molecule has 0 saturated heterocycles. The summed E-state index contributed by atoms with van der Waals surface area (Å²) in [5, 5.41) is 9.34. The summed E-state index contributed by atoms with van der Waals surface area (Å²) in [7, 11) is 1.59. The maximum absolute atomic E-state index is 13.4. The molecule has 3 heterocycles. The first kappa shape index (κ1) is 29.6. The molecule has 0 atom stereocenters. The minimum absolute atomic E-state index is 0.241. The molecule has 3 aromatic heterocycles. The second kappa shape index (κ2) is 13.4. The number of aromatic nitrogens is 5. The number of fused-ring (bicyclic) bond motifs is 1. The number of nitrogens with zero attached hydrogens (tertiary/aromatic N) is 5. The van der Waals surface area contributed by atoms with Crippen molar-refractivity contribution < 1.29 is 14.2 Å². The molecular weight excluding hydrogens is 586 g/mol. The summed E-state index contributed by atoms with van der Waals surface area (Å²) < 4.78 is 20.5. The summed E-state index contributed by atoms with van der Waals surface area (Å²) in [5.74, 6) is 2.47. The summed E-state index contributed by atoms with van der Waals surface area (Å²) in [6.07, 6.45) is 10.0. The van der Waals surface area contributed by atoms with Gasteiger partial charge in [0.2, 0.25) is 4.96 Å². The molecule has 0 amide bonds. The first-order valence-electron chi connectivity index (χ1n) is 14.5. The van der Waals surface area contributed by atoms with E-state index in [-0.39, 0.29) is 5.56 Å². The fraction of sp³-hybridized carbons (Fsp3) is 0.143. The van der Waals surface area contributed by atoms with Gasteiger partial charge in [0, 0.05) is 17.3 Å². The Morgan fingerprint density at radius 3 is 2.51 bits per heavy atom. The molecule has 0 aliphatic heterocycles. The zero-order valence-electron chi connectivity index (χ0n) is 24.9. The van der Waals surface area contributed by atoms with E-state index >= 15 is 0 Å². The number of ether oxygens (including phenoxy) is 3. The lowest BCUT2D eigenvalue weighted by atomic mass is 10.1. The Bertz CT molecular complexity index is 2080. The Morgan fingerprint density at radius 1 is 0.956 bits per heavy atom. The van der Waals surface area contributed by atoms with Crippen LogP contribution in [0.25, 0.3) is 40.1 Å². The molecule has 0 radical (unpaired) electrons. The third-order valence-corrected chi connectivity index (χ3v) is 7.78. The molecule has 0 N–H and O–H groups in total. The molecule has 45 heavy (non-hydrogen) atoms. The van der Waals surface area contributed by atoms with Gasteiger partial charge in [-0.1, -0.05) is 61.3 Å². The van der Waals surface area contributed by atoms with E-state index in [2.05, 4.69) is 23.6 Å². The minimum Gasteiger partial charge on any atom is -0.494 e. The van der Waals surface area contributed by atoms with Gasteiger partial charge in [0.1, 0.15) is 18.1 Å². The summed E-state index contributed by atoms with van der Waals surface area (Å²) in [4.78, 5) is 18.5. The van der Waals surface area contributed by atoms with E-state index in [1.54, 1.807) is 19.3 Å². The monoisotopic (exact) mass is 617 g/mol. The van der Waals surface area contributed by atoms with Crippen LogP contribution in [0.5, 0.6) is 17.2 Å². The van der Waals surface area contributed by atoms with Crippen molar-refractivity contribution in [2.24, 2.45) is 0 Å². The number of methoxy groups -OCH3 is 1. The smallest absolute Gasteiger partial charge is 0.291 e. The van der Waals surface area contributed by atoms with Gasteiger partial charge in [-0.05, 0) is 72.7 Å². The van der Waals surface area contributed by atoms with Crippen molar-refractivity contribution in [1.82, 2.24) is 24.4 Å². The molecule has 0 fully saturated rings. The Morgan fingerprint density at radius 2 is 1.78 bits per heavy atom. The van der Waals surface area contributed by atoms with Crippen LogP contribution in [-0.4, -0.2) is 44.7 Å². The van der Waals surface area contributed by atoms with Crippen LogP contribution in [-0.2, 0) is 0 Å². The van der Waals surface area contributed by atoms with Crippen LogP contribution in [0.1, 0.15) is 30.3 Å². The molecule has 3 aromatic carbocycles. The van der Waals surface area contributed by atoms with Crippen molar-refractivity contribution in [3.63, 3.8) is 0 Å². The topological polar surface area (TPSA) is 92.8 Å². The van der Waals surface area contributed by atoms with Crippen LogP contribution in [0.4, 0.5) is 0 Å². The van der Waals surface area contributed by atoms with E-state index < -0.39 is 0 Å². The number of benzene rings is 3. The molecule has 9 nitrogen and oxygen atoms in total. The highest BCUT2D eigenvalue weighted by atomic mass is 32.1. The van der Waals surface area contributed by atoms with E-state index in [4.69, 9.17) is 19.3 Å². The van der Waals surface area contributed by atoms with Crippen molar-refractivity contribution >= 4 is 34.5 Å². The van der Waals surface area contributed by atoms with Crippen molar-refractivity contribution in [2.75, 3.05) is 20.3 Å². The fourth-order valence-electron chi connectivity index (χ4n) is 4.65. The zero-order chi connectivity index (χ0) is 31.2. The molecule has 6 rings (SSSR count). The van der Waals surface area contributed by atoms with E-state index in [0.717, 1.165) is 40.2 Å². The average Bonchev–Trinajstić information content (AvgIpc) is 3.77. The quantitative estimate of drug-likeness (QED) is 0.154. The summed E-state index contributed by atoms with van der Waals surface area (Å²) in [5.41, 5.74) is 4.02. The van der Waals surface area contributed by atoms with Gasteiger partial charge in [0.05, 0.1) is 23.9 Å². The van der Waals surface area contributed by atoms with Gasteiger partial charge < -0.3 is 14.2 Å². The van der Waals surface area contributed by atoms with Gasteiger partial charge in [-0.15, -0.1) is 5.10 Å². The van der Waals surface area contributed by atoms with Crippen molar-refractivity contribution in [3.8, 4) is 34.2 Å². The summed E-state index contributed by atoms with van der Waals surface area (Å²) in [6, 6.07) is 23.3. The molecular formula is C35H31N5O4S. The standard InChI is InChI=1S/C35H31N5O4S/c1-4-19-43-28-15-13-25(14-16-28)33-26(23-39(38-33)27-9-7-6-8-10-27)22-31-34(41)40-35(45-31)36-32(37-40)18-12-24-11-17-29(44-20-5-2)30(21-24)42-3/h5-18,21-23H,2,4,19-20H2,1,3H3/b18-12+,31-22-. The summed E-state index contributed by atoms with van der Waals surface area (Å²) in [6.45, 7) is 6.79. The molecule has 6 aromatic rings. The highest BCUT2D eigenvalue weighted by Crippen LogP contribution is 2.29. The molecule has 0 aliphatic carbocycles. The van der Waals surface area contributed by atoms with Crippen molar-refractivity contribution in [1.29, 1.82) is 0 Å². The van der Waals surface area contributed by atoms with Crippen LogP contribution in [0.3, 0.4) is 0 Å². The third kappa shape index (κ3) is 6.56. The number of para-hydroxylation sites is 1. The van der Waals surface area contributed by atoms with Gasteiger partial charge in [-0.3, -0.25) is 4.79 Å². The van der Waals surface area contributed by atoms with E-state index in [0.29, 0.717) is 40.0 Å². The number of hydrogen-bond donors (Lipinski definition) is 0. The normalized spacial score (nSPS) is 11.8. The number of thiazole rings is 1. The van der Waals surface area contributed by atoms with Crippen LogP contribution in [0.15, 0.2) is 96.4 Å². The van der Waals surface area contributed by atoms with Gasteiger partial charge in [0.25, 0.3) is 5.56 Å². The molecule has 0 unspecified atom stereocenters. The molecule has 10 heteroatoms. The van der Waals surface area contributed by atoms with Crippen molar-refractivity contribution in [2.45, 2.75) is 13.3 Å². The summed E-state index contributed by atoms with van der Waals surface area (Å²) >= 11 is 1.28. The van der Waals surface area contributed by atoms with E-state index in [1.807, 2.05) is 95.8 Å². The Labute approximate surface area is 264 Å². The van der Waals surface area contributed by atoms with E-state index in [9.17, 15) is 4.79 Å². The Balaban J connectivity index is 1.32. The lowest BCUT2D eigenvalue weighted by Gasteiger charge is -2.09. The highest BCUT2D eigenvalue weighted by Gasteiger charge is 2.14. The van der Waals surface area contributed by atoms with Crippen LogP contribution >= 0.6 is 11.3 Å². The van der Waals surface area contributed by atoms with Gasteiger partial charge >= 0.3 is 0 Å².